The summed E-state index contributed by atoms with van der Waals surface area (Å²) in [6.07, 6.45) is 0. The molecular formula is C112H82N6. The Labute approximate surface area is 684 Å². The molecule has 6 aromatic heterocycles. The monoisotopic (exact) mass is 1510 g/mol. The third-order valence-electron chi connectivity index (χ3n) is 23.5. The number of hydrogen-bond acceptors (Lipinski definition) is 0. The first kappa shape index (κ1) is 70.6. The summed E-state index contributed by atoms with van der Waals surface area (Å²) < 4.78 is 14.5. The lowest BCUT2D eigenvalue weighted by atomic mass is 9.97. The lowest BCUT2D eigenvalue weighted by Crippen LogP contribution is -1.95. The molecule has 24 rings (SSSR count). The van der Waals surface area contributed by atoms with Gasteiger partial charge in [-0.1, -0.05) is 285 Å². The standard InChI is InChI=1S/3C31H22N2.C19H16/c1-21-16-17-25-27-19-26-24-14-8-9-15-28(24)32(22-10-4-2-5-11-22)30(26)20-31(27)33(29(25)18-21)23-12-6-3-7-13-23;1-21-16-17-24-25-18-19-28-30(31(25)33(29(24)20-21)23-12-6-3-7-13-23)26-14-8-9-15-27(26)32(28)22-10-4-2-5-11-22;1-21-16-17-26-29(20-21)32(22-10-4-2-5-11-22)28-19-18-25-24-14-8-9-15-27(24)33(31(25)30(26)28)23-12-6-3-7-13-23;1-15-12-18(16-8-4-2-5-9-16)14-19(13-15)17-10-6-3-7-11-17/h3*2-20H,1H3;2-14H,1H3. The molecule has 0 aliphatic heterocycles. The molecule has 118 heavy (non-hydrogen) atoms. The second-order valence-electron chi connectivity index (χ2n) is 31.1. The van der Waals surface area contributed by atoms with Crippen molar-refractivity contribution in [3.8, 4) is 56.4 Å². The average Bonchev–Trinajstić information content (AvgIpc) is 1.56. The number of aromatic nitrogens is 6. The molecule has 0 saturated carbocycles. The van der Waals surface area contributed by atoms with Crippen LogP contribution in [0.15, 0.2) is 425 Å². The van der Waals surface area contributed by atoms with E-state index in [9.17, 15) is 0 Å². The number of aryl methyl sites for hydroxylation is 4. The number of nitrogens with zero attached hydrogens (tertiary/aromatic N) is 6. The summed E-state index contributed by atoms with van der Waals surface area (Å²) in [7, 11) is 0. The van der Waals surface area contributed by atoms with E-state index >= 15 is 0 Å². The minimum atomic E-state index is 1.18. The van der Waals surface area contributed by atoms with Crippen molar-refractivity contribution in [1.82, 2.24) is 27.4 Å². The van der Waals surface area contributed by atoms with Crippen LogP contribution < -0.4 is 0 Å². The van der Waals surface area contributed by atoms with Gasteiger partial charge in [0.15, 0.2) is 0 Å². The van der Waals surface area contributed by atoms with Gasteiger partial charge in [0.1, 0.15) is 0 Å². The summed E-state index contributed by atoms with van der Waals surface area (Å²) in [6, 6.07) is 153. The van der Waals surface area contributed by atoms with Crippen LogP contribution in [0.1, 0.15) is 22.3 Å². The summed E-state index contributed by atoms with van der Waals surface area (Å²) in [5.74, 6) is 0. The van der Waals surface area contributed by atoms with Crippen LogP contribution in [0.5, 0.6) is 0 Å². The van der Waals surface area contributed by atoms with E-state index in [0.717, 1.165) is 0 Å². The molecule has 0 aliphatic carbocycles. The maximum atomic E-state index is 2.45. The fraction of sp³-hybridized carbons (Fsp3) is 0.0357. The smallest absolute Gasteiger partial charge is 0.0641 e. The van der Waals surface area contributed by atoms with Gasteiger partial charge in [-0.2, -0.15) is 0 Å². The maximum absolute atomic E-state index is 2.45. The third-order valence-corrected chi connectivity index (χ3v) is 23.5. The zero-order chi connectivity index (χ0) is 78.9. The molecule has 0 unspecified atom stereocenters. The molecule has 0 atom stereocenters. The van der Waals surface area contributed by atoms with Gasteiger partial charge in [-0.25, -0.2) is 0 Å². The van der Waals surface area contributed by atoms with Crippen molar-refractivity contribution < 1.29 is 0 Å². The lowest BCUT2D eigenvalue weighted by Gasteiger charge is -2.10. The first-order chi connectivity index (χ1) is 58.2. The Bertz CT molecular complexity index is 7740. The number of hydrogen-bond donors (Lipinski definition) is 0. The molecule has 18 aromatic carbocycles. The quantitative estimate of drug-likeness (QED) is 0.145. The van der Waals surface area contributed by atoms with Gasteiger partial charge in [-0.05, 0) is 212 Å². The van der Waals surface area contributed by atoms with E-state index in [1.807, 2.05) is 0 Å². The number of benzene rings is 18. The minimum absolute atomic E-state index is 1.18. The van der Waals surface area contributed by atoms with Crippen LogP contribution in [0.2, 0.25) is 0 Å². The summed E-state index contributed by atoms with van der Waals surface area (Å²) in [5, 5.41) is 15.5. The Hall–Kier alpha value is -15.2. The SMILES string of the molecule is Cc1cc(-c2ccccc2)cc(-c2ccccc2)c1.Cc1ccc2c3c(ccc4c5ccccc5n(-c5ccccc5)c43)n(-c3ccccc3)c2c1.Cc1ccc2c3cc4c5ccccc5n(-c5ccccc5)c4cc3n(-c3ccccc3)c2c1.Cc1ccc2c3ccc4c(c5ccccc5n4-c4ccccc4)c3n(-c3ccccc3)c2c1. The van der Waals surface area contributed by atoms with Gasteiger partial charge in [0.05, 0.1) is 66.2 Å². The molecule has 24 aromatic rings. The van der Waals surface area contributed by atoms with E-state index in [4.69, 9.17) is 0 Å². The molecule has 0 spiro atoms. The minimum Gasteiger partial charge on any atom is -0.309 e. The van der Waals surface area contributed by atoms with Crippen LogP contribution in [-0.2, 0) is 0 Å². The van der Waals surface area contributed by atoms with Gasteiger partial charge in [0.2, 0.25) is 0 Å². The van der Waals surface area contributed by atoms with Crippen LogP contribution >= 0.6 is 0 Å². The molecule has 0 aliphatic rings. The van der Waals surface area contributed by atoms with E-state index in [0.29, 0.717) is 0 Å². The van der Waals surface area contributed by atoms with Gasteiger partial charge >= 0.3 is 0 Å². The summed E-state index contributed by atoms with van der Waals surface area (Å²) >= 11 is 0. The highest BCUT2D eigenvalue weighted by atomic mass is 15.0. The first-order valence-electron chi connectivity index (χ1n) is 40.7. The van der Waals surface area contributed by atoms with Crippen molar-refractivity contribution in [2.75, 3.05) is 0 Å². The normalized spacial score (nSPS) is 11.6. The Morgan fingerprint density at radius 1 is 0.136 bits per heavy atom. The zero-order valence-corrected chi connectivity index (χ0v) is 66.1. The van der Waals surface area contributed by atoms with Gasteiger partial charge in [0, 0.05) is 98.8 Å². The predicted octanol–water partition coefficient (Wildman–Crippen LogP) is 29.9. The molecule has 0 N–H and O–H groups in total. The fourth-order valence-corrected chi connectivity index (χ4v) is 18.4. The number of fused-ring (bicyclic) bond motifs is 20. The maximum Gasteiger partial charge on any atom is 0.0641 e. The Balaban J connectivity index is 0.0000000996. The Morgan fingerprint density at radius 3 is 0.814 bits per heavy atom. The van der Waals surface area contributed by atoms with E-state index < -0.39 is 0 Å². The topological polar surface area (TPSA) is 29.6 Å². The molecule has 0 saturated heterocycles. The molecule has 6 heteroatoms. The second-order valence-corrected chi connectivity index (χ2v) is 31.1. The summed E-state index contributed by atoms with van der Waals surface area (Å²) in [6.45, 7) is 8.66. The Morgan fingerprint density at radius 2 is 0.390 bits per heavy atom. The summed E-state index contributed by atoms with van der Waals surface area (Å²) in [4.78, 5) is 0. The molecule has 6 heterocycles. The molecule has 0 bridgehead atoms. The molecule has 0 radical (unpaired) electrons. The van der Waals surface area contributed by atoms with Gasteiger partial charge in [-0.15, -0.1) is 0 Å². The van der Waals surface area contributed by atoms with E-state index in [1.165, 1.54) is 209 Å². The van der Waals surface area contributed by atoms with Crippen LogP contribution in [0.3, 0.4) is 0 Å². The van der Waals surface area contributed by atoms with Gasteiger partial charge in [0.25, 0.3) is 0 Å². The number of para-hydroxylation sites is 9. The first-order valence-corrected chi connectivity index (χ1v) is 40.7. The van der Waals surface area contributed by atoms with E-state index in [1.54, 1.807) is 0 Å². The van der Waals surface area contributed by atoms with Crippen molar-refractivity contribution in [2.24, 2.45) is 0 Å². The Kier molecular flexibility index (Phi) is 17.7. The van der Waals surface area contributed by atoms with E-state index in [2.05, 4.69) is 480 Å². The molecule has 0 fully saturated rings. The molecule has 6 nitrogen and oxygen atoms in total. The summed E-state index contributed by atoms with van der Waals surface area (Å²) in [5.41, 5.74) is 32.2. The van der Waals surface area contributed by atoms with Crippen LogP contribution in [0.4, 0.5) is 0 Å². The highest BCUT2D eigenvalue weighted by Crippen LogP contribution is 2.46. The van der Waals surface area contributed by atoms with Crippen molar-refractivity contribution in [3.63, 3.8) is 0 Å². The molecule has 560 valence electrons. The van der Waals surface area contributed by atoms with E-state index in [-0.39, 0.29) is 0 Å². The largest absolute Gasteiger partial charge is 0.309 e. The zero-order valence-electron chi connectivity index (χ0n) is 66.1. The predicted molar refractivity (Wildman–Crippen MR) is 502 cm³/mol. The molecular weight excluding hydrogens is 1430 g/mol. The second kappa shape index (κ2) is 29.6. The highest BCUT2D eigenvalue weighted by molar-refractivity contribution is 6.28. The van der Waals surface area contributed by atoms with Crippen molar-refractivity contribution >= 4 is 131 Å². The third kappa shape index (κ3) is 12.2. The number of rotatable bonds is 8. The average molecular weight is 1510 g/mol. The molecule has 0 amide bonds. The van der Waals surface area contributed by atoms with Gasteiger partial charge in [-0.3, -0.25) is 0 Å². The van der Waals surface area contributed by atoms with Crippen LogP contribution in [-0.4, -0.2) is 27.4 Å². The highest BCUT2D eigenvalue weighted by Gasteiger charge is 2.25. The van der Waals surface area contributed by atoms with Crippen LogP contribution in [0, 0.1) is 27.7 Å². The van der Waals surface area contributed by atoms with Gasteiger partial charge < -0.3 is 27.4 Å². The fourth-order valence-electron chi connectivity index (χ4n) is 18.4. The van der Waals surface area contributed by atoms with Crippen molar-refractivity contribution in [3.05, 3.63) is 447 Å². The van der Waals surface area contributed by atoms with Crippen molar-refractivity contribution in [2.45, 2.75) is 27.7 Å². The van der Waals surface area contributed by atoms with Crippen LogP contribution in [0.25, 0.3) is 187 Å². The lowest BCUT2D eigenvalue weighted by molar-refractivity contribution is 1.16. The van der Waals surface area contributed by atoms with Crippen molar-refractivity contribution in [1.29, 1.82) is 0 Å².